The van der Waals surface area contributed by atoms with Crippen LogP contribution in [0.25, 0.3) is 0 Å². The maximum absolute atomic E-state index is 4.39. The summed E-state index contributed by atoms with van der Waals surface area (Å²) in [5.41, 5.74) is 2.36. The van der Waals surface area contributed by atoms with Crippen LogP contribution in [0, 0.1) is 6.92 Å². The van der Waals surface area contributed by atoms with Gasteiger partial charge in [0.1, 0.15) is 5.01 Å². The molecule has 0 unspecified atom stereocenters. The van der Waals surface area contributed by atoms with Crippen molar-refractivity contribution in [1.29, 1.82) is 0 Å². The fraction of sp³-hybridized carbons (Fsp3) is 0.500. The van der Waals surface area contributed by atoms with Gasteiger partial charge in [-0.2, -0.15) is 5.10 Å². The Labute approximate surface area is 98.5 Å². The minimum Gasteiger partial charge on any atom is -0.356 e. The molecule has 0 bridgehead atoms. The summed E-state index contributed by atoms with van der Waals surface area (Å²) < 4.78 is 1.85. The molecule has 2 aromatic heterocycles. The minimum atomic E-state index is 0.756. The predicted octanol–water partition coefficient (Wildman–Crippen LogP) is 1.75. The van der Waals surface area contributed by atoms with E-state index in [4.69, 9.17) is 0 Å². The average molecular weight is 237 g/mol. The predicted molar refractivity (Wildman–Crippen MR) is 64.6 cm³/mol. The number of aromatic nitrogens is 4. The molecule has 0 fully saturated rings. The third-order valence-corrected chi connectivity index (χ3v) is 3.08. The molecule has 0 aromatic carbocycles. The molecule has 0 atom stereocenters. The molecule has 6 heteroatoms. The molecule has 16 heavy (non-hydrogen) atoms. The summed E-state index contributed by atoms with van der Waals surface area (Å²) in [6.45, 7) is 4.82. The van der Waals surface area contributed by atoms with E-state index in [1.165, 1.54) is 5.56 Å². The Kier molecular flexibility index (Phi) is 3.19. The molecule has 0 saturated carbocycles. The number of rotatable bonds is 4. The van der Waals surface area contributed by atoms with Gasteiger partial charge in [0.25, 0.3) is 0 Å². The lowest BCUT2D eigenvalue weighted by Crippen LogP contribution is -2.00. The monoisotopic (exact) mass is 237 g/mol. The molecule has 0 aliphatic carbocycles. The van der Waals surface area contributed by atoms with Crippen LogP contribution < -0.4 is 5.32 Å². The Morgan fingerprint density at radius 2 is 2.25 bits per heavy atom. The zero-order valence-corrected chi connectivity index (χ0v) is 10.5. The van der Waals surface area contributed by atoms with Gasteiger partial charge in [0.2, 0.25) is 5.13 Å². The standard InChI is InChI=1S/C10H15N5S/c1-4-9-8(6-15(3)14-9)5-11-10-13-12-7(2)16-10/h6H,4-5H2,1-3H3,(H,11,13). The van der Waals surface area contributed by atoms with Crippen molar-refractivity contribution < 1.29 is 0 Å². The molecule has 0 spiro atoms. The Balaban J connectivity index is 2.04. The van der Waals surface area contributed by atoms with Gasteiger partial charge >= 0.3 is 0 Å². The molecule has 1 N–H and O–H groups in total. The molecule has 0 saturated heterocycles. The number of nitrogens with one attached hydrogen (secondary N) is 1. The first-order valence-corrected chi connectivity index (χ1v) is 6.06. The molecule has 2 aromatic rings. The number of nitrogens with zero attached hydrogens (tertiary/aromatic N) is 4. The summed E-state index contributed by atoms with van der Waals surface area (Å²) >= 11 is 1.57. The molecule has 2 rings (SSSR count). The Morgan fingerprint density at radius 1 is 1.44 bits per heavy atom. The third kappa shape index (κ3) is 2.38. The SMILES string of the molecule is CCc1nn(C)cc1CNc1nnc(C)s1. The largest absolute Gasteiger partial charge is 0.356 e. The maximum atomic E-state index is 4.39. The van der Waals surface area contributed by atoms with Gasteiger partial charge in [0, 0.05) is 25.4 Å². The van der Waals surface area contributed by atoms with E-state index in [1.54, 1.807) is 11.3 Å². The van der Waals surface area contributed by atoms with E-state index in [1.807, 2.05) is 24.9 Å². The van der Waals surface area contributed by atoms with E-state index >= 15 is 0 Å². The average Bonchev–Trinajstić information content (AvgIpc) is 2.81. The van der Waals surface area contributed by atoms with Crippen molar-refractivity contribution in [2.75, 3.05) is 5.32 Å². The highest BCUT2D eigenvalue weighted by atomic mass is 32.1. The van der Waals surface area contributed by atoms with Crippen LogP contribution in [0.4, 0.5) is 5.13 Å². The first kappa shape index (κ1) is 11.1. The first-order valence-electron chi connectivity index (χ1n) is 5.24. The number of aryl methyl sites for hydroxylation is 3. The fourth-order valence-corrected chi connectivity index (χ4v) is 2.16. The first-order chi connectivity index (χ1) is 7.69. The number of hydrogen-bond donors (Lipinski definition) is 1. The lowest BCUT2D eigenvalue weighted by atomic mass is 10.2. The van der Waals surface area contributed by atoms with E-state index in [9.17, 15) is 0 Å². The van der Waals surface area contributed by atoms with Gasteiger partial charge in [-0.3, -0.25) is 4.68 Å². The van der Waals surface area contributed by atoms with E-state index in [-0.39, 0.29) is 0 Å². The summed E-state index contributed by atoms with van der Waals surface area (Å²) in [6.07, 6.45) is 2.99. The summed E-state index contributed by atoms with van der Waals surface area (Å²) in [4.78, 5) is 0. The normalized spacial score (nSPS) is 10.7. The van der Waals surface area contributed by atoms with Crippen LogP contribution in [0.5, 0.6) is 0 Å². The van der Waals surface area contributed by atoms with Crippen molar-refractivity contribution in [2.45, 2.75) is 26.8 Å². The highest BCUT2D eigenvalue weighted by Gasteiger charge is 2.06. The molecule has 0 aliphatic heterocycles. The van der Waals surface area contributed by atoms with Crippen LogP contribution in [0.1, 0.15) is 23.2 Å². The van der Waals surface area contributed by atoms with Crippen LogP contribution >= 0.6 is 11.3 Å². The van der Waals surface area contributed by atoms with Gasteiger partial charge in [0.15, 0.2) is 0 Å². The van der Waals surface area contributed by atoms with Gasteiger partial charge in [-0.15, -0.1) is 10.2 Å². The summed E-state index contributed by atoms with van der Waals surface area (Å²) in [5.74, 6) is 0. The Hall–Kier alpha value is -1.43. The topological polar surface area (TPSA) is 55.6 Å². The molecular formula is C10H15N5S. The zero-order valence-electron chi connectivity index (χ0n) is 9.69. The highest BCUT2D eigenvalue weighted by molar-refractivity contribution is 7.15. The van der Waals surface area contributed by atoms with Crippen molar-refractivity contribution in [3.8, 4) is 0 Å². The van der Waals surface area contributed by atoms with Gasteiger partial charge in [0.05, 0.1) is 5.69 Å². The van der Waals surface area contributed by atoms with E-state index < -0.39 is 0 Å². The van der Waals surface area contributed by atoms with Crippen LogP contribution in [0.15, 0.2) is 6.20 Å². The second-order valence-electron chi connectivity index (χ2n) is 3.61. The molecule has 86 valence electrons. The summed E-state index contributed by atoms with van der Waals surface area (Å²) in [7, 11) is 1.94. The fourth-order valence-electron chi connectivity index (χ4n) is 1.57. The molecule has 5 nitrogen and oxygen atoms in total. The van der Waals surface area contributed by atoms with E-state index in [0.29, 0.717) is 0 Å². The highest BCUT2D eigenvalue weighted by Crippen LogP contribution is 2.16. The molecule has 0 aliphatic rings. The lowest BCUT2D eigenvalue weighted by Gasteiger charge is -2.00. The second-order valence-corrected chi connectivity index (χ2v) is 4.79. The van der Waals surface area contributed by atoms with Crippen LogP contribution in [0.3, 0.4) is 0 Å². The molecule has 2 heterocycles. The van der Waals surface area contributed by atoms with Crippen molar-refractivity contribution in [3.63, 3.8) is 0 Å². The summed E-state index contributed by atoms with van der Waals surface area (Å²) in [5, 5.41) is 17.5. The number of anilines is 1. The van der Waals surface area contributed by atoms with Gasteiger partial charge < -0.3 is 5.32 Å². The summed E-state index contributed by atoms with van der Waals surface area (Å²) in [6, 6.07) is 0. The van der Waals surface area contributed by atoms with Crippen LogP contribution in [-0.2, 0) is 20.0 Å². The van der Waals surface area contributed by atoms with Gasteiger partial charge in [-0.05, 0) is 13.3 Å². The van der Waals surface area contributed by atoms with Crippen LogP contribution in [-0.4, -0.2) is 20.0 Å². The van der Waals surface area contributed by atoms with Crippen molar-refractivity contribution in [3.05, 3.63) is 22.5 Å². The lowest BCUT2D eigenvalue weighted by molar-refractivity contribution is 0.746. The van der Waals surface area contributed by atoms with E-state index in [2.05, 4.69) is 27.5 Å². The van der Waals surface area contributed by atoms with Crippen LogP contribution in [0.2, 0.25) is 0 Å². The van der Waals surface area contributed by atoms with Crippen molar-refractivity contribution in [2.24, 2.45) is 7.05 Å². The zero-order chi connectivity index (χ0) is 11.5. The Bertz CT molecular complexity index is 473. The van der Waals surface area contributed by atoms with E-state index in [0.717, 1.165) is 28.8 Å². The number of hydrogen-bond acceptors (Lipinski definition) is 5. The Morgan fingerprint density at radius 3 is 2.88 bits per heavy atom. The minimum absolute atomic E-state index is 0.756. The van der Waals surface area contributed by atoms with Crippen molar-refractivity contribution >= 4 is 16.5 Å². The molecule has 0 radical (unpaired) electrons. The van der Waals surface area contributed by atoms with Gasteiger partial charge in [-0.1, -0.05) is 18.3 Å². The smallest absolute Gasteiger partial charge is 0.205 e. The second kappa shape index (κ2) is 4.61. The quantitative estimate of drug-likeness (QED) is 0.880. The molecule has 0 amide bonds. The maximum Gasteiger partial charge on any atom is 0.205 e. The molecular weight excluding hydrogens is 222 g/mol. The van der Waals surface area contributed by atoms with Crippen molar-refractivity contribution in [1.82, 2.24) is 20.0 Å². The third-order valence-electron chi connectivity index (χ3n) is 2.28. The van der Waals surface area contributed by atoms with Gasteiger partial charge in [-0.25, -0.2) is 0 Å².